The van der Waals surface area contributed by atoms with Gasteiger partial charge in [0, 0.05) is 30.7 Å². The Balaban J connectivity index is 2.09. The smallest absolute Gasteiger partial charge is 0.147 e. The molecule has 1 aromatic carbocycles. The molecule has 2 aromatic rings. The van der Waals surface area contributed by atoms with Crippen LogP contribution < -0.4 is 10.6 Å². The Morgan fingerprint density at radius 2 is 1.83 bits per heavy atom. The summed E-state index contributed by atoms with van der Waals surface area (Å²) in [5.41, 5.74) is 7.17. The highest BCUT2D eigenvalue weighted by molar-refractivity contribution is 5.95. The Labute approximate surface area is 106 Å². The highest BCUT2D eigenvalue weighted by Crippen LogP contribution is 2.14. The molecule has 0 saturated heterocycles. The van der Waals surface area contributed by atoms with Crippen molar-refractivity contribution in [2.45, 2.75) is 6.54 Å². The van der Waals surface area contributed by atoms with Crippen LogP contribution in [0.4, 0.5) is 5.69 Å². The number of anilines is 1. The average Bonchev–Trinajstić information content (AvgIpc) is 2.40. The van der Waals surface area contributed by atoms with E-state index in [0.29, 0.717) is 6.54 Å². The van der Waals surface area contributed by atoms with Gasteiger partial charge in [0.15, 0.2) is 0 Å². The van der Waals surface area contributed by atoms with Crippen molar-refractivity contribution in [3.63, 3.8) is 0 Å². The Morgan fingerprint density at radius 1 is 1.22 bits per heavy atom. The third-order valence-corrected chi connectivity index (χ3v) is 2.62. The van der Waals surface area contributed by atoms with E-state index >= 15 is 0 Å². The molecule has 0 unspecified atom stereocenters. The van der Waals surface area contributed by atoms with E-state index in [1.165, 1.54) is 0 Å². The minimum absolute atomic E-state index is 0.0793. The standard InChI is InChI=1S/C13H15N5/c1-18(9-12-16-7-2-8-17-12)11-5-3-10(4-6-11)13(14)15/h2-8H,9H2,1H3,(H3,14,15). The van der Waals surface area contributed by atoms with E-state index in [0.717, 1.165) is 17.1 Å². The lowest BCUT2D eigenvalue weighted by atomic mass is 10.2. The van der Waals surface area contributed by atoms with E-state index in [1.54, 1.807) is 18.5 Å². The first-order valence-corrected chi connectivity index (χ1v) is 5.58. The first-order valence-electron chi connectivity index (χ1n) is 5.58. The van der Waals surface area contributed by atoms with Gasteiger partial charge in [-0.3, -0.25) is 5.41 Å². The summed E-state index contributed by atoms with van der Waals surface area (Å²) in [5.74, 6) is 0.853. The lowest BCUT2D eigenvalue weighted by molar-refractivity contribution is 0.837. The maximum Gasteiger partial charge on any atom is 0.147 e. The van der Waals surface area contributed by atoms with Crippen molar-refractivity contribution in [1.82, 2.24) is 9.97 Å². The molecule has 18 heavy (non-hydrogen) atoms. The number of hydrogen-bond donors (Lipinski definition) is 2. The Kier molecular flexibility index (Phi) is 3.52. The molecular formula is C13H15N5. The molecule has 0 radical (unpaired) electrons. The number of nitrogens with one attached hydrogen (secondary N) is 1. The number of nitrogen functional groups attached to an aromatic ring is 1. The van der Waals surface area contributed by atoms with Gasteiger partial charge in [-0.15, -0.1) is 0 Å². The number of hydrogen-bond acceptors (Lipinski definition) is 4. The second kappa shape index (κ2) is 5.27. The quantitative estimate of drug-likeness (QED) is 0.626. The predicted octanol–water partition coefficient (Wildman–Crippen LogP) is 1.40. The average molecular weight is 241 g/mol. The molecule has 0 fully saturated rings. The van der Waals surface area contributed by atoms with Crippen LogP contribution in [0.3, 0.4) is 0 Å². The third-order valence-electron chi connectivity index (χ3n) is 2.62. The summed E-state index contributed by atoms with van der Waals surface area (Å²) in [6.45, 7) is 0.639. The first-order chi connectivity index (χ1) is 8.66. The third kappa shape index (κ3) is 2.82. The minimum atomic E-state index is 0.0793. The second-order valence-electron chi connectivity index (χ2n) is 3.98. The van der Waals surface area contributed by atoms with Crippen LogP contribution in [0, 0.1) is 5.41 Å². The topological polar surface area (TPSA) is 78.9 Å². The molecule has 3 N–H and O–H groups in total. The predicted molar refractivity (Wildman–Crippen MR) is 71.6 cm³/mol. The number of nitrogens with zero attached hydrogens (tertiary/aromatic N) is 3. The van der Waals surface area contributed by atoms with Crippen molar-refractivity contribution < 1.29 is 0 Å². The zero-order valence-corrected chi connectivity index (χ0v) is 10.2. The monoisotopic (exact) mass is 241 g/mol. The molecule has 5 heteroatoms. The number of benzene rings is 1. The van der Waals surface area contributed by atoms with Crippen LogP contribution >= 0.6 is 0 Å². The SMILES string of the molecule is CN(Cc1ncccn1)c1ccc(C(=N)N)cc1. The molecule has 1 aromatic heterocycles. The normalized spacial score (nSPS) is 10.1. The van der Waals surface area contributed by atoms with Crippen molar-refractivity contribution in [3.8, 4) is 0 Å². The molecular weight excluding hydrogens is 226 g/mol. The van der Waals surface area contributed by atoms with Crippen molar-refractivity contribution in [2.75, 3.05) is 11.9 Å². The fraction of sp³-hybridized carbons (Fsp3) is 0.154. The van der Waals surface area contributed by atoms with Crippen molar-refractivity contribution in [1.29, 1.82) is 5.41 Å². The highest BCUT2D eigenvalue weighted by Gasteiger charge is 2.04. The number of rotatable bonds is 4. The molecule has 0 amide bonds. The number of nitrogens with two attached hydrogens (primary N) is 1. The van der Waals surface area contributed by atoms with E-state index in [1.807, 2.05) is 36.2 Å². The molecule has 2 rings (SSSR count). The van der Waals surface area contributed by atoms with Gasteiger partial charge in [0.25, 0.3) is 0 Å². The molecule has 0 aliphatic heterocycles. The maximum absolute atomic E-state index is 7.34. The summed E-state index contributed by atoms with van der Waals surface area (Å²) in [4.78, 5) is 10.4. The summed E-state index contributed by atoms with van der Waals surface area (Å²) in [7, 11) is 1.97. The van der Waals surface area contributed by atoms with E-state index in [2.05, 4.69) is 9.97 Å². The molecule has 5 nitrogen and oxygen atoms in total. The van der Waals surface area contributed by atoms with Crippen LogP contribution in [0.25, 0.3) is 0 Å². The van der Waals surface area contributed by atoms with E-state index in [-0.39, 0.29) is 5.84 Å². The van der Waals surface area contributed by atoms with Gasteiger partial charge in [0.1, 0.15) is 11.7 Å². The molecule has 1 heterocycles. The van der Waals surface area contributed by atoms with Gasteiger partial charge in [0.2, 0.25) is 0 Å². The maximum atomic E-state index is 7.34. The molecule has 0 atom stereocenters. The van der Waals surface area contributed by atoms with Crippen LogP contribution in [0.15, 0.2) is 42.7 Å². The summed E-state index contributed by atoms with van der Waals surface area (Å²) in [6, 6.07) is 9.32. The molecule has 0 aliphatic rings. The zero-order valence-electron chi connectivity index (χ0n) is 10.2. The van der Waals surface area contributed by atoms with Crippen LogP contribution in [-0.4, -0.2) is 22.9 Å². The van der Waals surface area contributed by atoms with Crippen LogP contribution in [-0.2, 0) is 6.54 Å². The fourth-order valence-corrected chi connectivity index (χ4v) is 1.61. The summed E-state index contributed by atoms with van der Waals surface area (Å²) < 4.78 is 0. The number of aromatic nitrogens is 2. The molecule has 0 spiro atoms. The van der Waals surface area contributed by atoms with Gasteiger partial charge in [-0.05, 0) is 30.3 Å². The van der Waals surface area contributed by atoms with Gasteiger partial charge in [0.05, 0.1) is 6.54 Å². The van der Waals surface area contributed by atoms with Gasteiger partial charge in [-0.2, -0.15) is 0 Å². The summed E-state index contributed by atoms with van der Waals surface area (Å²) >= 11 is 0. The molecule has 92 valence electrons. The highest BCUT2D eigenvalue weighted by atomic mass is 15.1. The van der Waals surface area contributed by atoms with Crippen LogP contribution in [0.1, 0.15) is 11.4 Å². The molecule has 0 saturated carbocycles. The zero-order chi connectivity index (χ0) is 13.0. The largest absolute Gasteiger partial charge is 0.384 e. The van der Waals surface area contributed by atoms with Crippen molar-refractivity contribution in [3.05, 3.63) is 54.1 Å². The van der Waals surface area contributed by atoms with Crippen molar-refractivity contribution >= 4 is 11.5 Å². The lowest BCUT2D eigenvalue weighted by Crippen LogP contribution is -2.18. The minimum Gasteiger partial charge on any atom is -0.384 e. The summed E-state index contributed by atoms with van der Waals surface area (Å²) in [6.07, 6.45) is 3.46. The van der Waals surface area contributed by atoms with Crippen LogP contribution in [0.5, 0.6) is 0 Å². The van der Waals surface area contributed by atoms with Gasteiger partial charge in [-0.25, -0.2) is 9.97 Å². The van der Waals surface area contributed by atoms with Gasteiger partial charge in [-0.1, -0.05) is 0 Å². The lowest BCUT2D eigenvalue weighted by Gasteiger charge is -2.18. The van der Waals surface area contributed by atoms with Crippen LogP contribution in [0.2, 0.25) is 0 Å². The van der Waals surface area contributed by atoms with E-state index < -0.39 is 0 Å². The Bertz CT molecular complexity index is 521. The van der Waals surface area contributed by atoms with E-state index in [4.69, 9.17) is 11.1 Å². The molecule has 0 aliphatic carbocycles. The molecule has 0 bridgehead atoms. The van der Waals surface area contributed by atoms with E-state index in [9.17, 15) is 0 Å². The first kappa shape index (κ1) is 12.0. The van der Waals surface area contributed by atoms with Crippen molar-refractivity contribution in [2.24, 2.45) is 5.73 Å². The number of amidine groups is 1. The Morgan fingerprint density at radius 3 is 2.39 bits per heavy atom. The Hall–Kier alpha value is -2.43. The van der Waals surface area contributed by atoms with Gasteiger partial charge >= 0.3 is 0 Å². The van der Waals surface area contributed by atoms with Gasteiger partial charge < -0.3 is 10.6 Å². The summed E-state index contributed by atoms with van der Waals surface area (Å²) in [5, 5.41) is 7.34. The second-order valence-corrected chi connectivity index (χ2v) is 3.98. The fourth-order valence-electron chi connectivity index (χ4n) is 1.61.